The van der Waals surface area contributed by atoms with E-state index in [9.17, 15) is 10.2 Å². The summed E-state index contributed by atoms with van der Waals surface area (Å²) in [5.74, 6) is 0.477. The Balaban J connectivity index is 1.69. The molecule has 6 nitrogen and oxygen atoms in total. The predicted octanol–water partition coefficient (Wildman–Crippen LogP) is 3.42. The molecule has 2 aliphatic heterocycles. The molecule has 152 valence electrons. The summed E-state index contributed by atoms with van der Waals surface area (Å²) in [6.45, 7) is 6.55. The number of rotatable bonds is 6. The first-order valence-corrected chi connectivity index (χ1v) is 10.2. The van der Waals surface area contributed by atoms with E-state index in [1.165, 1.54) is 0 Å². The lowest BCUT2D eigenvalue weighted by Gasteiger charge is -2.35. The van der Waals surface area contributed by atoms with Gasteiger partial charge < -0.3 is 14.9 Å². The zero-order valence-electron chi connectivity index (χ0n) is 16.7. The molecule has 0 saturated carbocycles. The normalized spacial score (nSPS) is 19.1. The maximum absolute atomic E-state index is 9.71. The van der Waals surface area contributed by atoms with Crippen LogP contribution in [0.5, 0.6) is 11.5 Å². The summed E-state index contributed by atoms with van der Waals surface area (Å²) < 4.78 is 5.49. The Hall–Kier alpha value is -2.70. The summed E-state index contributed by atoms with van der Waals surface area (Å²) in [4.78, 5) is 2.43. The molecule has 0 bridgehead atoms. The standard InChI is InChI=1S/C23H27N3O3/c1-2-23(11-12-26-13-15-29-16-14-26)21(17-3-7-19(27)8-4-17)24-25-22(23)18-5-9-20(28)10-6-18/h3-10,27-28H,2,11-16H2,1H3. The largest absolute Gasteiger partial charge is 0.508 e. The van der Waals surface area contributed by atoms with E-state index >= 15 is 0 Å². The minimum absolute atomic E-state index is 0.238. The van der Waals surface area contributed by atoms with Gasteiger partial charge in [0.25, 0.3) is 0 Å². The molecule has 1 fully saturated rings. The number of nitrogens with zero attached hydrogens (tertiary/aromatic N) is 3. The average Bonchev–Trinajstić information content (AvgIpc) is 3.14. The van der Waals surface area contributed by atoms with E-state index in [0.29, 0.717) is 0 Å². The lowest BCUT2D eigenvalue weighted by molar-refractivity contribution is 0.0354. The molecule has 1 saturated heterocycles. The van der Waals surface area contributed by atoms with Gasteiger partial charge in [0.1, 0.15) is 11.5 Å². The lowest BCUT2D eigenvalue weighted by atomic mass is 9.69. The van der Waals surface area contributed by atoms with Gasteiger partial charge in [0.05, 0.1) is 30.1 Å². The molecule has 2 aromatic carbocycles. The highest BCUT2D eigenvalue weighted by molar-refractivity contribution is 6.26. The molecule has 2 N–H and O–H groups in total. The van der Waals surface area contributed by atoms with Crippen molar-refractivity contribution in [2.75, 3.05) is 32.8 Å². The fraction of sp³-hybridized carbons (Fsp3) is 0.391. The highest BCUT2D eigenvalue weighted by atomic mass is 16.5. The fourth-order valence-electron chi connectivity index (χ4n) is 4.23. The Morgan fingerprint density at radius 2 is 1.34 bits per heavy atom. The number of ether oxygens (including phenoxy) is 1. The average molecular weight is 393 g/mol. The van der Waals surface area contributed by atoms with E-state index in [1.54, 1.807) is 24.3 Å². The zero-order chi connectivity index (χ0) is 20.3. The molecule has 0 aliphatic carbocycles. The maximum atomic E-state index is 9.71. The third kappa shape index (κ3) is 3.91. The summed E-state index contributed by atoms with van der Waals surface area (Å²) in [7, 11) is 0. The Morgan fingerprint density at radius 3 is 1.79 bits per heavy atom. The molecule has 6 heteroatoms. The van der Waals surface area contributed by atoms with Crippen LogP contribution in [0.4, 0.5) is 0 Å². The second-order valence-corrected chi connectivity index (χ2v) is 7.63. The zero-order valence-corrected chi connectivity index (χ0v) is 16.7. The molecule has 0 atom stereocenters. The van der Waals surface area contributed by atoms with Crippen molar-refractivity contribution in [3.05, 3.63) is 59.7 Å². The van der Waals surface area contributed by atoms with Gasteiger partial charge in [-0.25, -0.2) is 0 Å². The van der Waals surface area contributed by atoms with Crippen LogP contribution in [0, 0.1) is 5.41 Å². The summed E-state index contributed by atoms with van der Waals surface area (Å²) in [6.07, 6.45) is 1.75. The van der Waals surface area contributed by atoms with Crippen LogP contribution in [0.25, 0.3) is 0 Å². The van der Waals surface area contributed by atoms with Crippen molar-refractivity contribution in [2.45, 2.75) is 19.8 Å². The number of morpholine rings is 1. The number of aromatic hydroxyl groups is 2. The van der Waals surface area contributed by atoms with E-state index in [0.717, 1.165) is 68.2 Å². The Morgan fingerprint density at radius 1 is 0.862 bits per heavy atom. The third-order valence-corrected chi connectivity index (χ3v) is 6.00. The van der Waals surface area contributed by atoms with Crippen molar-refractivity contribution in [3.63, 3.8) is 0 Å². The van der Waals surface area contributed by atoms with Gasteiger partial charge in [0.15, 0.2) is 0 Å². The number of hydrogen-bond acceptors (Lipinski definition) is 6. The van der Waals surface area contributed by atoms with Crippen molar-refractivity contribution in [2.24, 2.45) is 15.6 Å². The molecule has 2 heterocycles. The molecular weight excluding hydrogens is 366 g/mol. The van der Waals surface area contributed by atoms with Gasteiger partial charge in [0.2, 0.25) is 0 Å². The van der Waals surface area contributed by atoms with E-state index in [-0.39, 0.29) is 16.9 Å². The Bertz CT molecular complexity index is 836. The van der Waals surface area contributed by atoms with Gasteiger partial charge in [0, 0.05) is 13.1 Å². The molecule has 0 unspecified atom stereocenters. The predicted molar refractivity (Wildman–Crippen MR) is 114 cm³/mol. The number of hydrogen-bond donors (Lipinski definition) is 2. The van der Waals surface area contributed by atoms with Crippen molar-refractivity contribution in [3.8, 4) is 11.5 Å². The summed E-state index contributed by atoms with van der Waals surface area (Å²) in [6, 6.07) is 14.4. The first kappa shape index (κ1) is 19.6. The van der Waals surface area contributed by atoms with E-state index in [4.69, 9.17) is 4.74 Å². The SMILES string of the molecule is CCC1(CCN2CCOCC2)C(c2ccc(O)cc2)=NN=C1c1ccc(O)cc1. The number of benzene rings is 2. The van der Waals surface area contributed by atoms with Crippen molar-refractivity contribution >= 4 is 11.4 Å². The summed E-state index contributed by atoms with van der Waals surface area (Å²) in [5, 5.41) is 28.7. The van der Waals surface area contributed by atoms with Crippen LogP contribution in [-0.4, -0.2) is 59.4 Å². The summed E-state index contributed by atoms with van der Waals surface area (Å²) >= 11 is 0. The monoisotopic (exact) mass is 393 g/mol. The van der Waals surface area contributed by atoms with Gasteiger partial charge in [-0.2, -0.15) is 10.2 Å². The van der Waals surface area contributed by atoms with E-state index < -0.39 is 0 Å². The van der Waals surface area contributed by atoms with Crippen LogP contribution in [0.3, 0.4) is 0 Å². The molecule has 29 heavy (non-hydrogen) atoms. The number of phenols is 2. The van der Waals surface area contributed by atoms with Crippen LogP contribution in [0.2, 0.25) is 0 Å². The van der Waals surface area contributed by atoms with Crippen molar-refractivity contribution in [1.29, 1.82) is 0 Å². The Labute approximate surface area is 171 Å². The van der Waals surface area contributed by atoms with Crippen LogP contribution in [0.1, 0.15) is 30.9 Å². The van der Waals surface area contributed by atoms with Gasteiger partial charge in [-0.15, -0.1) is 0 Å². The molecule has 0 radical (unpaired) electrons. The topological polar surface area (TPSA) is 77.7 Å². The summed E-state index contributed by atoms with van der Waals surface area (Å²) in [5.41, 5.74) is 3.51. The molecule has 0 amide bonds. The maximum Gasteiger partial charge on any atom is 0.115 e. The van der Waals surface area contributed by atoms with Crippen molar-refractivity contribution < 1.29 is 14.9 Å². The van der Waals surface area contributed by atoms with E-state index in [2.05, 4.69) is 22.0 Å². The van der Waals surface area contributed by atoms with Crippen molar-refractivity contribution in [1.82, 2.24) is 4.90 Å². The highest BCUT2D eigenvalue weighted by Crippen LogP contribution is 2.40. The molecule has 0 spiro atoms. The van der Waals surface area contributed by atoms with E-state index in [1.807, 2.05) is 24.3 Å². The molecule has 4 rings (SSSR count). The first-order chi connectivity index (χ1) is 14.1. The lowest BCUT2D eigenvalue weighted by Crippen LogP contribution is -2.43. The van der Waals surface area contributed by atoms with Crippen LogP contribution in [-0.2, 0) is 4.74 Å². The smallest absolute Gasteiger partial charge is 0.115 e. The molecule has 2 aromatic rings. The quantitative estimate of drug-likeness (QED) is 0.788. The second kappa shape index (κ2) is 8.35. The highest BCUT2D eigenvalue weighted by Gasteiger charge is 2.44. The van der Waals surface area contributed by atoms with Crippen LogP contribution < -0.4 is 0 Å². The number of phenolic OH excluding ortho intramolecular Hbond substituents is 2. The Kier molecular flexibility index (Phi) is 5.65. The van der Waals surface area contributed by atoms with Gasteiger partial charge in [-0.3, -0.25) is 4.90 Å². The molecule has 2 aliphatic rings. The minimum Gasteiger partial charge on any atom is -0.508 e. The van der Waals surface area contributed by atoms with Gasteiger partial charge >= 0.3 is 0 Å². The fourth-order valence-corrected chi connectivity index (χ4v) is 4.23. The minimum atomic E-state index is -0.327. The van der Waals surface area contributed by atoms with Gasteiger partial charge in [-0.05, 0) is 79.0 Å². The van der Waals surface area contributed by atoms with Crippen LogP contribution in [0.15, 0.2) is 58.7 Å². The van der Waals surface area contributed by atoms with Gasteiger partial charge in [-0.1, -0.05) is 6.92 Å². The second-order valence-electron chi connectivity index (χ2n) is 7.63. The van der Waals surface area contributed by atoms with Crippen LogP contribution >= 0.6 is 0 Å². The third-order valence-electron chi connectivity index (χ3n) is 6.00. The molecule has 0 aromatic heterocycles. The molecular formula is C23H27N3O3. The first-order valence-electron chi connectivity index (χ1n) is 10.2.